The van der Waals surface area contributed by atoms with E-state index in [1.54, 1.807) is 24.0 Å². The summed E-state index contributed by atoms with van der Waals surface area (Å²) in [4.78, 5) is 51.8. The number of anilines is 2. The van der Waals surface area contributed by atoms with E-state index in [4.69, 9.17) is 4.74 Å². The van der Waals surface area contributed by atoms with Gasteiger partial charge in [0, 0.05) is 35.9 Å². The number of nitrogens with zero attached hydrogens (tertiary/aromatic N) is 1. The Hall–Kier alpha value is -2.85. The molecule has 0 aliphatic carbocycles. The highest BCUT2D eigenvalue weighted by Crippen LogP contribution is 2.38. The van der Waals surface area contributed by atoms with Crippen LogP contribution >= 0.6 is 23.1 Å². The molecule has 2 aromatic rings. The quantitative estimate of drug-likeness (QED) is 0.489. The van der Waals surface area contributed by atoms with Gasteiger partial charge < -0.3 is 20.3 Å². The summed E-state index contributed by atoms with van der Waals surface area (Å²) >= 11 is 2.65. The molecule has 0 bridgehead atoms. The summed E-state index contributed by atoms with van der Waals surface area (Å²) in [5.41, 5.74) is 1.86. The van der Waals surface area contributed by atoms with Crippen LogP contribution in [0.5, 0.6) is 0 Å². The van der Waals surface area contributed by atoms with Crippen LogP contribution in [0.25, 0.3) is 0 Å². The number of rotatable bonds is 6. The third-order valence-corrected chi connectivity index (χ3v) is 7.19. The molecule has 0 radical (unpaired) electrons. The van der Waals surface area contributed by atoms with Gasteiger partial charge >= 0.3 is 5.97 Å². The van der Waals surface area contributed by atoms with Crippen molar-refractivity contribution in [1.82, 2.24) is 4.90 Å². The van der Waals surface area contributed by atoms with Gasteiger partial charge in [-0.3, -0.25) is 14.4 Å². The van der Waals surface area contributed by atoms with Crippen LogP contribution in [0.4, 0.5) is 10.7 Å². The minimum atomic E-state index is -0.502. The summed E-state index contributed by atoms with van der Waals surface area (Å²) in [6, 6.07) is 7.25. The predicted molar refractivity (Wildman–Crippen MR) is 125 cm³/mol. The number of benzene rings is 1. The lowest BCUT2D eigenvalue weighted by atomic mass is 10.0. The molecule has 10 heteroatoms. The zero-order valence-corrected chi connectivity index (χ0v) is 19.9. The van der Waals surface area contributed by atoms with Crippen molar-refractivity contribution < 1.29 is 23.9 Å². The number of methoxy groups -OCH3 is 1. The second kappa shape index (κ2) is 10.2. The lowest BCUT2D eigenvalue weighted by molar-refractivity contribution is -0.129. The minimum absolute atomic E-state index is 0.0271. The van der Waals surface area contributed by atoms with Crippen molar-refractivity contribution in [2.75, 3.05) is 24.3 Å². The fourth-order valence-corrected chi connectivity index (χ4v) is 5.58. The standard InChI is InChI=1S/C22H25N3O5S2/c1-12(31-16-7-5-6-15(10-16)23-13(2)26)20(28)24-21-19(22(29)30-4)17-8-9-25(14(3)27)11-18(17)32-21/h5-7,10,12H,8-9,11H2,1-4H3,(H,23,26)(H,24,28). The van der Waals surface area contributed by atoms with Crippen molar-refractivity contribution in [3.63, 3.8) is 0 Å². The molecule has 1 unspecified atom stereocenters. The number of thioether (sulfide) groups is 1. The fourth-order valence-electron chi connectivity index (χ4n) is 3.40. The number of hydrogen-bond donors (Lipinski definition) is 2. The van der Waals surface area contributed by atoms with Gasteiger partial charge in [-0.1, -0.05) is 6.07 Å². The Morgan fingerprint density at radius 3 is 2.59 bits per heavy atom. The number of amides is 3. The summed E-state index contributed by atoms with van der Waals surface area (Å²) in [5, 5.41) is 5.59. The Morgan fingerprint density at radius 2 is 1.94 bits per heavy atom. The van der Waals surface area contributed by atoms with E-state index in [2.05, 4.69) is 10.6 Å². The van der Waals surface area contributed by atoms with E-state index in [-0.39, 0.29) is 17.7 Å². The van der Waals surface area contributed by atoms with Crippen LogP contribution in [-0.4, -0.2) is 47.5 Å². The largest absolute Gasteiger partial charge is 0.465 e. The number of hydrogen-bond acceptors (Lipinski definition) is 7. The number of fused-ring (bicyclic) bond motifs is 1. The molecular formula is C22H25N3O5S2. The number of carbonyl (C=O) groups excluding carboxylic acids is 4. The monoisotopic (exact) mass is 475 g/mol. The second-order valence-electron chi connectivity index (χ2n) is 7.35. The van der Waals surface area contributed by atoms with Crippen LogP contribution in [-0.2, 0) is 32.1 Å². The van der Waals surface area contributed by atoms with Crippen LogP contribution in [0.2, 0.25) is 0 Å². The lowest BCUT2D eigenvalue weighted by Crippen LogP contribution is -2.33. The zero-order chi connectivity index (χ0) is 23.4. The number of thiophene rings is 1. The van der Waals surface area contributed by atoms with E-state index in [0.29, 0.717) is 35.8 Å². The predicted octanol–water partition coefficient (Wildman–Crippen LogP) is 3.52. The molecule has 0 fully saturated rings. The van der Waals surface area contributed by atoms with Crippen LogP contribution in [0.3, 0.4) is 0 Å². The van der Waals surface area contributed by atoms with Gasteiger partial charge in [-0.05, 0) is 37.1 Å². The molecule has 3 rings (SSSR count). The first-order valence-electron chi connectivity index (χ1n) is 10.0. The van der Waals surface area contributed by atoms with Crippen LogP contribution < -0.4 is 10.6 Å². The SMILES string of the molecule is COC(=O)c1c(NC(=O)C(C)Sc2cccc(NC(C)=O)c2)sc2c1CCN(C(C)=O)C2. The molecule has 1 aromatic heterocycles. The summed E-state index contributed by atoms with van der Waals surface area (Å²) < 4.78 is 4.95. The number of esters is 1. The summed E-state index contributed by atoms with van der Waals surface area (Å²) in [6.07, 6.45) is 0.534. The van der Waals surface area contributed by atoms with Crippen LogP contribution in [0, 0.1) is 0 Å². The third-order valence-electron chi connectivity index (χ3n) is 4.96. The van der Waals surface area contributed by atoms with Gasteiger partial charge in [0.25, 0.3) is 0 Å². The maximum atomic E-state index is 12.9. The van der Waals surface area contributed by atoms with Gasteiger partial charge in [0.2, 0.25) is 17.7 Å². The first kappa shape index (κ1) is 23.8. The Balaban J connectivity index is 1.77. The van der Waals surface area contributed by atoms with E-state index in [0.717, 1.165) is 15.3 Å². The minimum Gasteiger partial charge on any atom is -0.465 e. The Bertz CT molecular complexity index is 1070. The molecule has 0 spiro atoms. The van der Waals surface area contributed by atoms with E-state index >= 15 is 0 Å². The zero-order valence-electron chi connectivity index (χ0n) is 18.3. The molecule has 2 N–H and O–H groups in total. The average molecular weight is 476 g/mol. The van der Waals surface area contributed by atoms with E-state index < -0.39 is 11.2 Å². The molecule has 32 heavy (non-hydrogen) atoms. The first-order valence-corrected chi connectivity index (χ1v) is 11.7. The molecule has 0 saturated heterocycles. The van der Waals surface area contributed by atoms with Gasteiger partial charge in [0.15, 0.2) is 0 Å². The molecule has 1 atom stereocenters. The summed E-state index contributed by atoms with van der Waals surface area (Å²) in [6.45, 7) is 5.66. The number of carbonyl (C=O) groups is 4. The van der Waals surface area contributed by atoms with Gasteiger partial charge in [-0.25, -0.2) is 4.79 Å². The van der Waals surface area contributed by atoms with Crippen molar-refractivity contribution in [3.8, 4) is 0 Å². The van der Waals surface area contributed by atoms with Crippen molar-refractivity contribution in [3.05, 3.63) is 40.3 Å². The van der Waals surface area contributed by atoms with E-state index in [1.807, 2.05) is 12.1 Å². The van der Waals surface area contributed by atoms with Gasteiger partial charge in [0.05, 0.1) is 24.5 Å². The lowest BCUT2D eigenvalue weighted by Gasteiger charge is -2.25. The van der Waals surface area contributed by atoms with E-state index in [1.165, 1.54) is 44.1 Å². The Morgan fingerprint density at radius 1 is 1.19 bits per heavy atom. The average Bonchev–Trinajstić information content (AvgIpc) is 3.09. The maximum absolute atomic E-state index is 12.9. The van der Waals surface area contributed by atoms with Crippen molar-refractivity contribution in [1.29, 1.82) is 0 Å². The molecule has 8 nitrogen and oxygen atoms in total. The number of ether oxygens (including phenoxy) is 1. The van der Waals surface area contributed by atoms with Crippen LogP contribution in [0.1, 0.15) is 41.6 Å². The molecule has 3 amide bonds. The Labute approximate surface area is 194 Å². The number of nitrogens with one attached hydrogen (secondary N) is 2. The third kappa shape index (κ3) is 5.49. The fraction of sp³-hybridized carbons (Fsp3) is 0.364. The van der Waals surface area contributed by atoms with Gasteiger partial charge in [-0.15, -0.1) is 23.1 Å². The van der Waals surface area contributed by atoms with Crippen molar-refractivity contribution >= 4 is 57.5 Å². The second-order valence-corrected chi connectivity index (χ2v) is 9.87. The molecule has 1 aliphatic rings. The molecule has 2 heterocycles. The summed E-state index contributed by atoms with van der Waals surface area (Å²) in [7, 11) is 1.31. The Kier molecular flexibility index (Phi) is 7.57. The molecule has 170 valence electrons. The van der Waals surface area contributed by atoms with Crippen molar-refractivity contribution in [2.45, 2.75) is 43.9 Å². The van der Waals surface area contributed by atoms with Gasteiger partial charge in [-0.2, -0.15) is 0 Å². The highest BCUT2D eigenvalue weighted by Gasteiger charge is 2.30. The topological polar surface area (TPSA) is 105 Å². The smallest absolute Gasteiger partial charge is 0.341 e. The summed E-state index contributed by atoms with van der Waals surface area (Å²) in [5.74, 6) is -0.955. The van der Waals surface area contributed by atoms with Gasteiger partial charge in [0.1, 0.15) is 5.00 Å². The van der Waals surface area contributed by atoms with Crippen LogP contribution in [0.15, 0.2) is 29.2 Å². The normalized spacial score (nSPS) is 13.7. The molecule has 1 aliphatic heterocycles. The van der Waals surface area contributed by atoms with Crippen molar-refractivity contribution in [2.24, 2.45) is 0 Å². The maximum Gasteiger partial charge on any atom is 0.341 e. The highest BCUT2D eigenvalue weighted by molar-refractivity contribution is 8.00. The van der Waals surface area contributed by atoms with E-state index in [9.17, 15) is 19.2 Å². The molecular weight excluding hydrogens is 450 g/mol. The highest BCUT2D eigenvalue weighted by atomic mass is 32.2. The molecule has 0 saturated carbocycles. The molecule has 1 aromatic carbocycles. The first-order chi connectivity index (χ1) is 15.2.